The van der Waals surface area contributed by atoms with E-state index in [2.05, 4.69) is 30.5 Å². The van der Waals surface area contributed by atoms with E-state index in [4.69, 9.17) is 5.73 Å². The van der Waals surface area contributed by atoms with E-state index in [1.54, 1.807) is 0 Å². The lowest BCUT2D eigenvalue weighted by molar-refractivity contribution is 0.0630. The van der Waals surface area contributed by atoms with Crippen molar-refractivity contribution in [2.45, 2.75) is 45.6 Å². The van der Waals surface area contributed by atoms with Crippen molar-refractivity contribution in [2.75, 3.05) is 31.1 Å². The fourth-order valence-electron chi connectivity index (χ4n) is 3.31. The molecule has 1 atom stereocenters. The molecule has 2 rings (SSSR count). The van der Waals surface area contributed by atoms with Gasteiger partial charge in [-0.25, -0.2) is 0 Å². The van der Waals surface area contributed by atoms with E-state index in [1.165, 1.54) is 50.3 Å². The Morgan fingerprint density at radius 2 is 2.00 bits per heavy atom. The van der Waals surface area contributed by atoms with E-state index in [1.807, 2.05) is 0 Å². The second-order valence-electron chi connectivity index (χ2n) is 6.39. The number of likely N-dealkylation sites (tertiary alicyclic amines) is 1. The number of rotatable bonds is 3. The molecular formula is C14H28N2S. The zero-order valence-electron chi connectivity index (χ0n) is 11.5. The van der Waals surface area contributed by atoms with Gasteiger partial charge in [0.15, 0.2) is 0 Å². The highest BCUT2D eigenvalue weighted by Crippen LogP contribution is 2.38. The van der Waals surface area contributed by atoms with Gasteiger partial charge in [-0.1, -0.05) is 13.8 Å². The number of nitrogens with two attached hydrogens (primary N) is 1. The number of thioether (sulfide) groups is 1. The molecule has 17 heavy (non-hydrogen) atoms. The molecule has 1 unspecified atom stereocenters. The predicted molar refractivity (Wildman–Crippen MR) is 77.5 cm³/mol. The molecule has 2 fully saturated rings. The van der Waals surface area contributed by atoms with Crippen LogP contribution in [0.5, 0.6) is 0 Å². The molecule has 0 aromatic rings. The second kappa shape index (κ2) is 5.94. The molecule has 3 heteroatoms. The minimum absolute atomic E-state index is 0.520. The molecule has 0 aliphatic carbocycles. The normalized spacial score (nSPS) is 31.6. The van der Waals surface area contributed by atoms with Crippen molar-refractivity contribution in [3.63, 3.8) is 0 Å². The minimum atomic E-state index is 0.520. The molecule has 2 N–H and O–H groups in total. The van der Waals surface area contributed by atoms with E-state index < -0.39 is 0 Å². The largest absolute Gasteiger partial charge is 0.330 e. The standard InChI is InChI=1S/C14H28N2S/c1-14(2)6-10-17-11-13(14)16-8-4-12(3-7-15)5-9-16/h12-13H,3-11,15H2,1-2H3. The van der Waals surface area contributed by atoms with Gasteiger partial charge in [-0.2, -0.15) is 11.8 Å². The Morgan fingerprint density at radius 3 is 2.59 bits per heavy atom. The van der Waals surface area contributed by atoms with Crippen LogP contribution in [0.3, 0.4) is 0 Å². The Balaban J connectivity index is 1.87. The lowest BCUT2D eigenvalue weighted by Crippen LogP contribution is -2.52. The number of nitrogens with zero attached hydrogens (tertiary/aromatic N) is 1. The summed E-state index contributed by atoms with van der Waals surface area (Å²) in [6.07, 6.45) is 5.35. The molecule has 0 amide bonds. The van der Waals surface area contributed by atoms with Crippen molar-refractivity contribution in [1.29, 1.82) is 0 Å². The van der Waals surface area contributed by atoms with Crippen molar-refractivity contribution >= 4 is 11.8 Å². The highest BCUT2D eigenvalue weighted by molar-refractivity contribution is 7.99. The molecule has 2 aliphatic heterocycles. The first kappa shape index (κ1) is 13.7. The highest BCUT2D eigenvalue weighted by atomic mass is 32.2. The quantitative estimate of drug-likeness (QED) is 0.841. The van der Waals surface area contributed by atoms with Crippen LogP contribution >= 0.6 is 11.8 Å². The van der Waals surface area contributed by atoms with Gasteiger partial charge in [0.2, 0.25) is 0 Å². The van der Waals surface area contributed by atoms with E-state index in [-0.39, 0.29) is 0 Å². The summed E-state index contributed by atoms with van der Waals surface area (Å²) >= 11 is 2.15. The summed E-state index contributed by atoms with van der Waals surface area (Å²) in [5.41, 5.74) is 6.18. The van der Waals surface area contributed by atoms with Gasteiger partial charge in [0.05, 0.1) is 0 Å². The molecule has 100 valence electrons. The zero-order valence-corrected chi connectivity index (χ0v) is 12.3. The third-order valence-corrected chi connectivity index (χ3v) is 5.78. The molecule has 0 spiro atoms. The van der Waals surface area contributed by atoms with Gasteiger partial charge in [0.25, 0.3) is 0 Å². The fraction of sp³-hybridized carbons (Fsp3) is 1.00. The van der Waals surface area contributed by atoms with Crippen LogP contribution in [0.15, 0.2) is 0 Å². The molecular weight excluding hydrogens is 228 g/mol. The number of hydrogen-bond donors (Lipinski definition) is 1. The van der Waals surface area contributed by atoms with Crippen LogP contribution in [0.4, 0.5) is 0 Å². The topological polar surface area (TPSA) is 29.3 Å². The Kier molecular flexibility index (Phi) is 4.79. The van der Waals surface area contributed by atoms with E-state index >= 15 is 0 Å². The third-order valence-electron chi connectivity index (χ3n) is 4.73. The van der Waals surface area contributed by atoms with Crippen LogP contribution in [0.2, 0.25) is 0 Å². The predicted octanol–water partition coefficient (Wildman–Crippen LogP) is 2.58. The fourth-order valence-corrected chi connectivity index (χ4v) is 5.03. The first-order chi connectivity index (χ1) is 8.13. The molecule has 2 saturated heterocycles. The molecule has 2 nitrogen and oxygen atoms in total. The molecule has 0 radical (unpaired) electrons. The summed E-state index contributed by atoms with van der Waals surface area (Å²) in [4.78, 5) is 2.76. The second-order valence-corrected chi connectivity index (χ2v) is 7.54. The van der Waals surface area contributed by atoms with E-state index in [0.29, 0.717) is 5.41 Å². The van der Waals surface area contributed by atoms with Gasteiger partial charge in [-0.05, 0) is 62.4 Å². The average molecular weight is 256 g/mol. The Labute approximate surface area is 111 Å². The lowest BCUT2D eigenvalue weighted by atomic mass is 9.80. The SMILES string of the molecule is CC1(C)CCSCC1N1CCC(CCN)CC1. The molecule has 2 aliphatic rings. The molecule has 0 aromatic heterocycles. The molecule has 0 aromatic carbocycles. The Hall–Kier alpha value is 0.270. The first-order valence-electron chi connectivity index (χ1n) is 7.15. The van der Waals surface area contributed by atoms with E-state index in [9.17, 15) is 0 Å². The average Bonchev–Trinajstić information content (AvgIpc) is 2.30. The van der Waals surface area contributed by atoms with Gasteiger partial charge in [-0.15, -0.1) is 0 Å². The Bertz CT molecular complexity index is 234. The van der Waals surface area contributed by atoms with Crippen LogP contribution in [-0.2, 0) is 0 Å². The van der Waals surface area contributed by atoms with Crippen LogP contribution in [0.25, 0.3) is 0 Å². The molecule has 0 saturated carbocycles. The highest BCUT2D eigenvalue weighted by Gasteiger charge is 2.37. The van der Waals surface area contributed by atoms with Gasteiger partial charge >= 0.3 is 0 Å². The maximum Gasteiger partial charge on any atom is 0.0237 e. The third kappa shape index (κ3) is 3.39. The van der Waals surface area contributed by atoms with Gasteiger partial charge in [0, 0.05) is 11.8 Å². The summed E-state index contributed by atoms with van der Waals surface area (Å²) in [6, 6.07) is 0.806. The monoisotopic (exact) mass is 256 g/mol. The van der Waals surface area contributed by atoms with Crippen LogP contribution in [-0.4, -0.2) is 42.1 Å². The van der Waals surface area contributed by atoms with Crippen molar-refractivity contribution in [3.05, 3.63) is 0 Å². The summed E-state index contributed by atoms with van der Waals surface area (Å²) in [6.45, 7) is 8.40. The number of hydrogen-bond acceptors (Lipinski definition) is 3. The number of piperidine rings is 1. The van der Waals surface area contributed by atoms with Gasteiger partial charge in [-0.3, -0.25) is 4.90 Å². The van der Waals surface area contributed by atoms with Crippen molar-refractivity contribution in [3.8, 4) is 0 Å². The van der Waals surface area contributed by atoms with Gasteiger partial charge < -0.3 is 5.73 Å². The maximum absolute atomic E-state index is 5.66. The van der Waals surface area contributed by atoms with E-state index in [0.717, 1.165) is 18.5 Å². The molecule has 0 bridgehead atoms. The minimum Gasteiger partial charge on any atom is -0.330 e. The van der Waals surface area contributed by atoms with Crippen LogP contribution in [0.1, 0.15) is 39.5 Å². The summed E-state index contributed by atoms with van der Waals surface area (Å²) in [7, 11) is 0. The van der Waals surface area contributed by atoms with Crippen LogP contribution < -0.4 is 5.73 Å². The summed E-state index contributed by atoms with van der Waals surface area (Å²) in [5, 5.41) is 0. The summed E-state index contributed by atoms with van der Waals surface area (Å²) in [5.74, 6) is 3.59. The van der Waals surface area contributed by atoms with Crippen LogP contribution in [0, 0.1) is 11.3 Å². The van der Waals surface area contributed by atoms with Gasteiger partial charge in [0.1, 0.15) is 0 Å². The Morgan fingerprint density at radius 1 is 1.29 bits per heavy atom. The smallest absolute Gasteiger partial charge is 0.0237 e. The summed E-state index contributed by atoms with van der Waals surface area (Å²) < 4.78 is 0. The zero-order chi connectivity index (χ0) is 12.3. The first-order valence-corrected chi connectivity index (χ1v) is 8.31. The maximum atomic E-state index is 5.66. The molecule has 2 heterocycles. The van der Waals surface area contributed by atoms with Crippen molar-refractivity contribution in [1.82, 2.24) is 4.90 Å². The van der Waals surface area contributed by atoms with Crippen molar-refractivity contribution < 1.29 is 0 Å². The lowest BCUT2D eigenvalue weighted by Gasteiger charge is -2.47. The van der Waals surface area contributed by atoms with Crippen molar-refractivity contribution in [2.24, 2.45) is 17.1 Å².